The number of ether oxygens (including phenoxy) is 1. The number of methoxy groups -OCH3 is 1. The van der Waals surface area contributed by atoms with Crippen LogP contribution in [0.2, 0.25) is 0 Å². The van der Waals surface area contributed by atoms with Crippen LogP contribution in [0.1, 0.15) is 12.5 Å². The molecule has 0 aliphatic carbocycles. The Bertz CT molecular complexity index is 554. The van der Waals surface area contributed by atoms with E-state index in [-0.39, 0.29) is 18.4 Å². The fraction of sp³-hybridized carbons (Fsp3) is 0.529. The minimum absolute atomic E-state index is 0.00296. The van der Waals surface area contributed by atoms with Crippen molar-refractivity contribution in [3.8, 4) is 5.75 Å². The van der Waals surface area contributed by atoms with Crippen molar-refractivity contribution in [2.45, 2.75) is 13.5 Å². The lowest BCUT2D eigenvalue weighted by molar-refractivity contribution is -0.140. The molecule has 2 rings (SSSR count). The predicted molar refractivity (Wildman–Crippen MR) is 88.2 cm³/mol. The molecule has 126 valence electrons. The fourth-order valence-corrected chi connectivity index (χ4v) is 2.64. The predicted octanol–water partition coefficient (Wildman–Crippen LogP) is 0.818. The summed E-state index contributed by atoms with van der Waals surface area (Å²) in [7, 11) is 3.65. The third-order valence-corrected chi connectivity index (χ3v) is 4.18. The zero-order valence-corrected chi connectivity index (χ0v) is 14.1. The van der Waals surface area contributed by atoms with Gasteiger partial charge in [0, 0.05) is 45.2 Å². The summed E-state index contributed by atoms with van der Waals surface area (Å²) in [6.45, 7) is 5.16. The molecule has 1 aliphatic rings. The highest BCUT2D eigenvalue weighted by Crippen LogP contribution is 2.19. The lowest BCUT2D eigenvalue weighted by atomic mass is 10.2. The summed E-state index contributed by atoms with van der Waals surface area (Å²) in [6.07, 6.45) is 0. The highest BCUT2D eigenvalue weighted by atomic mass is 16.5. The molecule has 2 amide bonds. The summed E-state index contributed by atoms with van der Waals surface area (Å²) in [6, 6.07) is 7.55. The molecule has 6 nitrogen and oxygen atoms in total. The van der Waals surface area contributed by atoms with Gasteiger partial charge in [-0.1, -0.05) is 18.2 Å². The molecule has 23 heavy (non-hydrogen) atoms. The Hall–Kier alpha value is -2.08. The van der Waals surface area contributed by atoms with Gasteiger partial charge in [-0.15, -0.1) is 0 Å². The summed E-state index contributed by atoms with van der Waals surface area (Å²) in [5.74, 6) is 0.618. The molecule has 6 heteroatoms. The first kappa shape index (κ1) is 17.3. The number of carbonyl (C=O) groups is 2. The Morgan fingerprint density at radius 2 is 1.83 bits per heavy atom. The molecule has 1 fully saturated rings. The van der Waals surface area contributed by atoms with Gasteiger partial charge in [-0.2, -0.15) is 0 Å². The van der Waals surface area contributed by atoms with E-state index in [2.05, 4.69) is 4.90 Å². The second kappa shape index (κ2) is 7.97. The van der Waals surface area contributed by atoms with Crippen LogP contribution in [-0.2, 0) is 16.1 Å². The summed E-state index contributed by atoms with van der Waals surface area (Å²) < 4.78 is 5.32. The first-order valence-corrected chi connectivity index (χ1v) is 7.85. The smallest absolute Gasteiger partial charge is 0.242 e. The van der Waals surface area contributed by atoms with Gasteiger partial charge in [0.25, 0.3) is 0 Å². The van der Waals surface area contributed by atoms with Crippen LogP contribution >= 0.6 is 0 Å². The van der Waals surface area contributed by atoms with Crippen molar-refractivity contribution in [1.82, 2.24) is 14.7 Å². The number of rotatable bonds is 5. The van der Waals surface area contributed by atoms with Crippen molar-refractivity contribution in [3.05, 3.63) is 29.8 Å². The van der Waals surface area contributed by atoms with Gasteiger partial charge in [0.15, 0.2) is 0 Å². The fourth-order valence-electron chi connectivity index (χ4n) is 2.64. The quantitative estimate of drug-likeness (QED) is 0.806. The van der Waals surface area contributed by atoms with Crippen molar-refractivity contribution in [2.75, 3.05) is 46.9 Å². The van der Waals surface area contributed by atoms with Crippen LogP contribution in [-0.4, -0.2) is 73.4 Å². The molecule has 0 radical (unpaired) electrons. The number of para-hydroxylation sites is 1. The Morgan fingerprint density at radius 1 is 1.17 bits per heavy atom. The van der Waals surface area contributed by atoms with Gasteiger partial charge in [-0.25, -0.2) is 0 Å². The highest BCUT2D eigenvalue weighted by Gasteiger charge is 2.22. The Balaban J connectivity index is 2.01. The molecular formula is C17H25N3O3. The monoisotopic (exact) mass is 319 g/mol. The molecule has 0 saturated carbocycles. The van der Waals surface area contributed by atoms with Gasteiger partial charge in [0.05, 0.1) is 7.11 Å². The third-order valence-electron chi connectivity index (χ3n) is 4.18. The minimum atomic E-state index is -0.113. The molecule has 0 bridgehead atoms. The zero-order valence-electron chi connectivity index (χ0n) is 14.1. The van der Waals surface area contributed by atoms with Crippen molar-refractivity contribution < 1.29 is 14.3 Å². The number of hydrogen-bond acceptors (Lipinski definition) is 4. The summed E-state index contributed by atoms with van der Waals surface area (Å²) in [5.41, 5.74) is 0.899. The SMILES string of the molecule is COc1ccccc1CN(CC(=O)N1CCN(C)CC1)C(C)=O. The van der Waals surface area contributed by atoms with E-state index in [4.69, 9.17) is 4.74 Å². The summed E-state index contributed by atoms with van der Waals surface area (Å²) >= 11 is 0. The van der Waals surface area contributed by atoms with E-state index in [1.165, 1.54) is 6.92 Å². The van der Waals surface area contributed by atoms with E-state index >= 15 is 0 Å². The lowest BCUT2D eigenvalue weighted by Gasteiger charge is -2.34. The second-order valence-corrected chi connectivity index (χ2v) is 5.87. The molecule has 0 atom stereocenters. The molecule has 0 unspecified atom stereocenters. The van der Waals surface area contributed by atoms with Gasteiger partial charge in [0.2, 0.25) is 11.8 Å². The van der Waals surface area contributed by atoms with Gasteiger partial charge in [0.1, 0.15) is 12.3 Å². The average molecular weight is 319 g/mol. The summed E-state index contributed by atoms with van der Waals surface area (Å²) in [4.78, 5) is 30.0. The molecule has 1 aromatic carbocycles. The second-order valence-electron chi connectivity index (χ2n) is 5.87. The van der Waals surface area contributed by atoms with Crippen LogP contribution in [0.25, 0.3) is 0 Å². The third kappa shape index (κ3) is 4.69. The van der Waals surface area contributed by atoms with Gasteiger partial charge < -0.3 is 19.4 Å². The highest BCUT2D eigenvalue weighted by molar-refractivity contribution is 5.84. The van der Waals surface area contributed by atoms with Gasteiger partial charge >= 0.3 is 0 Å². The van der Waals surface area contributed by atoms with E-state index in [1.807, 2.05) is 36.2 Å². The number of amides is 2. The molecule has 0 N–H and O–H groups in total. The van der Waals surface area contributed by atoms with Crippen molar-refractivity contribution >= 4 is 11.8 Å². The Kier molecular flexibility index (Phi) is 5.98. The number of nitrogens with zero attached hydrogens (tertiary/aromatic N) is 3. The maximum absolute atomic E-state index is 12.4. The van der Waals surface area contributed by atoms with E-state index < -0.39 is 0 Å². The average Bonchev–Trinajstić information content (AvgIpc) is 2.55. The van der Waals surface area contributed by atoms with Crippen LogP contribution in [0, 0.1) is 0 Å². The number of hydrogen-bond donors (Lipinski definition) is 0. The first-order chi connectivity index (χ1) is 11.0. The standard InChI is InChI=1S/C17H25N3O3/c1-14(21)20(12-15-6-4-5-7-16(15)23-3)13-17(22)19-10-8-18(2)9-11-19/h4-7H,8-13H2,1-3H3. The first-order valence-electron chi connectivity index (χ1n) is 7.85. The van der Waals surface area contributed by atoms with Crippen LogP contribution in [0.4, 0.5) is 0 Å². The van der Waals surface area contributed by atoms with Crippen LogP contribution in [0.5, 0.6) is 5.75 Å². The maximum Gasteiger partial charge on any atom is 0.242 e. The van der Waals surface area contributed by atoms with Crippen molar-refractivity contribution in [1.29, 1.82) is 0 Å². The lowest BCUT2D eigenvalue weighted by Crippen LogP contribution is -2.50. The number of piperazine rings is 1. The van der Waals surface area contributed by atoms with Crippen LogP contribution in [0.3, 0.4) is 0 Å². The normalized spacial score (nSPS) is 15.3. The van der Waals surface area contributed by atoms with Crippen LogP contribution < -0.4 is 4.74 Å². The molecule has 1 aromatic rings. The molecule has 1 saturated heterocycles. The molecule has 1 aliphatic heterocycles. The van der Waals surface area contributed by atoms with Crippen LogP contribution in [0.15, 0.2) is 24.3 Å². The van der Waals surface area contributed by atoms with Crippen molar-refractivity contribution in [2.24, 2.45) is 0 Å². The van der Waals surface area contributed by atoms with Crippen molar-refractivity contribution in [3.63, 3.8) is 0 Å². The van der Waals surface area contributed by atoms with E-state index in [1.54, 1.807) is 12.0 Å². The Morgan fingerprint density at radius 3 is 2.43 bits per heavy atom. The largest absolute Gasteiger partial charge is 0.496 e. The zero-order chi connectivity index (χ0) is 16.8. The molecular weight excluding hydrogens is 294 g/mol. The van der Waals surface area contributed by atoms with Gasteiger partial charge in [-0.05, 0) is 13.1 Å². The number of likely N-dealkylation sites (N-methyl/N-ethyl adjacent to an activating group) is 1. The van der Waals surface area contributed by atoms with E-state index in [9.17, 15) is 9.59 Å². The summed E-state index contributed by atoms with van der Waals surface area (Å²) in [5, 5.41) is 0. The topological polar surface area (TPSA) is 53.1 Å². The number of carbonyl (C=O) groups excluding carboxylic acids is 2. The Labute approximate surface area is 137 Å². The molecule has 1 heterocycles. The maximum atomic E-state index is 12.4. The number of benzene rings is 1. The van der Waals surface area contributed by atoms with Gasteiger partial charge in [-0.3, -0.25) is 9.59 Å². The minimum Gasteiger partial charge on any atom is -0.496 e. The van der Waals surface area contributed by atoms with E-state index in [0.717, 1.165) is 37.5 Å². The molecule has 0 aromatic heterocycles. The van der Waals surface area contributed by atoms with E-state index in [0.29, 0.717) is 6.54 Å². The molecule has 0 spiro atoms.